The van der Waals surface area contributed by atoms with E-state index in [0.717, 1.165) is 12.1 Å². The maximum absolute atomic E-state index is 13.3. The number of alkyl halides is 3. The molecular formula is C23H30F3N3O5S3. The maximum atomic E-state index is 13.3. The van der Waals surface area contributed by atoms with Crippen LogP contribution in [0.4, 0.5) is 18.9 Å². The molecule has 0 amide bonds. The minimum absolute atomic E-state index is 0.0266. The minimum atomic E-state index is -4.88. The number of hydrogen-bond donors (Lipinski definition) is 2. The van der Waals surface area contributed by atoms with Gasteiger partial charge in [0.05, 0.1) is 16.2 Å². The van der Waals surface area contributed by atoms with Crippen molar-refractivity contribution >= 4 is 42.8 Å². The van der Waals surface area contributed by atoms with Gasteiger partial charge in [-0.3, -0.25) is 0 Å². The number of hydrogen-bond acceptors (Lipinski definition) is 7. The van der Waals surface area contributed by atoms with Crippen LogP contribution in [0.5, 0.6) is 0 Å². The standard InChI is InChI=1S/C23H30F3N3O5S3/c1-16(2)36(31,32)27-14-19-15-28(37(33,34)21-7-5-4-6-20(21)35)12-13-29(19)18-10-8-17(9-11-18)22(3,30)23(24,25)26/h4-5,7-11,16,19,27,30H,6,12-15H2,1-3H3/t19-,22-/m0/s1. The molecule has 206 valence electrons. The maximum Gasteiger partial charge on any atom is 0.421 e. The lowest BCUT2D eigenvalue weighted by Crippen LogP contribution is -2.59. The summed E-state index contributed by atoms with van der Waals surface area (Å²) in [4.78, 5) is 2.06. The molecule has 1 heterocycles. The fourth-order valence-electron chi connectivity index (χ4n) is 3.97. The highest BCUT2D eigenvalue weighted by Gasteiger charge is 2.51. The van der Waals surface area contributed by atoms with Crippen molar-refractivity contribution in [3.05, 3.63) is 53.0 Å². The van der Waals surface area contributed by atoms with Gasteiger partial charge in [0.25, 0.3) is 0 Å². The Morgan fingerprint density at radius 3 is 2.30 bits per heavy atom. The normalized spacial score (nSPS) is 21.7. The van der Waals surface area contributed by atoms with E-state index < -0.39 is 43.1 Å². The van der Waals surface area contributed by atoms with Gasteiger partial charge in [-0.25, -0.2) is 21.6 Å². The lowest BCUT2D eigenvalue weighted by Gasteiger charge is -2.42. The zero-order chi connectivity index (χ0) is 27.8. The molecule has 0 bridgehead atoms. The van der Waals surface area contributed by atoms with E-state index in [1.54, 1.807) is 17.1 Å². The van der Waals surface area contributed by atoms with Crippen molar-refractivity contribution in [2.75, 3.05) is 31.1 Å². The summed E-state index contributed by atoms with van der Waals surface area (Å²) in [5, 5.41) is 9.24. The van der Waals surface area contributed by atoms with Gasteiger partial charge in [0.2, 0.25) is 20.0 Å². The van der Waals surface area contributed by atoms with Gasteiger partial charge in [-0.05, 0) is 44.5 Å². The van der Waals surface area contributed by atoms with Crippen molar-refractivity contribution in [3.63, 3.8) is 0 Å². The Morgan fingerprint density at radius 1 is 1.14 bits per heavy atom. The van der Waals surface area contributed by atoms with E-state index in [2.05, 4.69) is 4.72 Å². The van der Waals surface area contributed by atoms with E-state index in [4.69, 9.17) is 12.2 Å². The molecule has 14 heteroatoms. The first-order valence-corrected chi connectivity index (χ1v) is 14.9. The molecule has 0 spiro atoms. The van der Waals surface area contributed by atoms with E-state index in [0.29, 0.717) is 19.0 Å². The fraction of sp³-hybridized carbons (Fsp3) is 0.522. The molecule has 8 nitrogen and oxygen atoms in total. The molecule has 0 saturated carbocycles. The van der Waals surface area contributed by atoms with Crippen LogP contribution in [0.15, 0.2) is 47.4 Å². The van der Waals surface area contributed by atoms with Gasteiger partial charge < -0.3 is 10.0 Å². The lowest BCUT2D eigenvalue weighted by molar-refractivity contribution is -0.258. The van der Waals surface area contributed by atoms with Crippen LogP contribution in [0.1, 0.15) is 32.8 Å². The van der Waals surface area contributed by atoms with E-state index in [1.165, 1.54) is 36.4 Å². The van der Waals surface area contributed by atoms with E-state index in [1.807, 2.05) is 0 Å². The molecule has 2 atom stereocenters. The predicted octanol–water partition coefficient (Wildman–Crippen LogP) is 2.82. The third-order valence-corrected chi connectivity index (χ3v) is 10.8. The molecule has 37 heavy (non-hydrogen) atoms. The molecule has 1 aromatic carbocycles. The Bertz CT molecular complexity index is 1290. The second-order valence-corrected chi connectivity index (χ2v) is 14.1. The van der Waals surface area contributed by atoms with Crippen LogP contribution in [-0.4, -0.2) is 74.8 Å². The Morgan fingerprint density at radius 2 is 1.76 bits per heavy atom. The number of thiocarbonyl (C=S) groups is 1. The Hall–Kier alpha value is -1.84. The third-order valence-electron chi connectivity index (χ3n) is 6.48. The third kappa shape index (κ3) is 6.25. The average molecular weight is 582 g/mol. The van der Waals surface area contributed by atoms with E-state index >= 15 is 0 Å². The molecule has 1 aliphatic heterocycles. The van der Waals surface area contributed by atoms with Crippen LogP contribution < -0.4 is 9.62 Å². The summed E-state index contributed by atoms with van der Waals surface area (Å²) in [6.07, 6.45) is 0.254. The SMILES string of the molecule is CC(C)S(=O)(=O)NC[C@H]1CN(S(=O)(=O)C2=CC=CCC2=S)CCN1c1ccc([C@](C)(O)C(F)(F)F)cc1. The number of benzene rings is 1. The molecule has 0 aromatic heterocycles. The summed E-state index contributed by atoms with van der Waals surface area (Å²) in [5.41, 5.74) is -2.94. The van der Waals surface area contributed by atoms with Crippen molar-refractivity contribution in [2.24, 2.45) is 0 Å². The van der Waals surface area contributed by atoms with Crippen molar-refractivity contribution in [1.82, 2.24) is 9.03 Å². The fourth-order valence-corrected chi connectivity index (χ4v) is 6.80. The molecule has 1 saturated heterocycles. The minimum Gasteiger partial charge on any atom is -0.376 e. The highest BCUT2D eigenvalue weighted by Crippen LogP contribution is 2.39. The van der Waals surface area contributed by atoms with Crippen LogP contribution in [-0.2, 0) is 25.6 Å². The van der Waals surface area contributed by atoms with Gasteiger partial charge in [0, 0.05) is 43.2 Å². The van der Waals surface area contributed by atoms with E-state index in [-0.39, 0.29) is 41.5 Å². The van der Waals surface area contributed by atoms with Crippen LogP contribution in [0.25, 0.3) is 0 Å². The predicted molar refractivity (Wildman–Crippen MR) is 140 cm³/mol. The van der Waals surface area contributed by atoms with Gasteiger partial charge in [0.1, 0.15) is 0 Å². The zero-order valence-corrected chi connectivity index (χ0v) is 23.0. The van der Waals surface area contributed by atoms with Gasteiger partial charge in [-0.15, -0.1) is 0 Å². The number of nitrogens with zero attached hydrogens (tertiary/aromatic N) is 2. The summed E-state index contributed by atoms with van der Waals surface area (Å²) in [5.74, 6) is 0. The highest BCUT2D eigenvalue weighted by atomic mass is 32.2. The number of aliphatic hydroxyl groups is 1. The summed E-state index contributed by atoms with van der Waals surface area (Å²) in [6, 6.07) is 4.43. The molecule has 2 aliphatic rings. The van der Waals surface area contributed by atoms with Crippen molar-refractivity contribution in [1.29, 1.82) is 0 Å². The van der Waals surface area contributed by atoms with Gasteiger partial charge in [0.15, 0.2) is 5.60 Å². The van der Waals surface area contributed by atoms with Crippen LogP contribution in [0.3, 0.4) is 0 Å². The van der Waals surface area contributed by atoms with Gasteiger partial charge in [-0.1, -0.05) is 36.5 Å². The molecule has 1 aliphatic carbocycles. The Kier molecular flexibility index (Phi) is 8.62. The number of anilines is 1. The quantitative estimate of drug-likeness (QED) is 0.455. The summed E-state index contributed by atoms with van der Waals surface area (Å²) >= 11 is 5.24. The molecule has 3 rings (SSSR count). The smallest absolute Gasteiger partial charge is 0.376 e. The number of allylic oxidation sites excluding steroid dienone is 4. The van der Waals surface area contributed by atoms with Crippen molar-refractivity contribution < 1.29 is 35.1 Å². The number of nitrogens with one attached hydrogen (secondary N) is 1. The first kappa shape index (κ1) is 29.7. The van der Waals surface area contributed by atoms with Crippen LogP contribution in [0, 0.1) is 0 Å². The second-order valence-electron chi connectivity index (χ2n) is 9.36. The molecular weight excluding hydrogens is 551 g/mol. The second kappa shape index (κ2) is 10.7. The first-order chi connectivity index (χ1) is 17.0. The number of halogens is 3. The van der Waals surface area contributed by atoms with Crippen molar-refractivity contribution in [3.8, 4) is 0 Å². The lowest BCUT2D eigenvalue weighted by atomic mass is 9.95. The topological polar surface area (TPSA) is 107 Å². The van der Waals surface area contributed by atoms with Gasteiger partial charge >= 0.3 is 6.18 Å². The molecule has 2 N–H and O–H groups in total. The first-order valence-electron chi connectivity index (χ1n) is 11.5. The number of sulfonamides is 2. The largest absolute Gasteiger partial charge is 0.421 e. The highest BCUT2D eigenvalue weighted by molar-refractivity contribution is 7.96. The van der Waals surface area contributed by atoms with Crippen LogP contribution in [0.2, 0.25) is 0 Å². The average Bonchev–Trinajstić information content (AvgIpc) is 2.82. The molecule has 1 aromatic rings. The summed E-state index contributed by atoms with van der Waals surface area (Å²) < 4.78 is 95.0. The number of piperazine rings is 1. The van der Waals surface area contributed by atoms with Crippen LogP contribution >= 0.6 is 12.2 Å². The Labute approximate surface area is 220 Å². The number of rotatable bonds is 8. The zero-order valence-electron chi connectivity index (χ0n) is 20.6. The summed E-state index contributed by atoms with van der Waals surface area (Å²) in [7, 11) is -7.62. The molecule has 1 fully saturated rings. The molecule has 0 unspecified atom stereocenters. The Balaban J connectivity index is 1.91. The monoisotopic (exact) mass is 581 g/mol. The molecule has 0 radical (unpaired) electrons. The van der Waals surface area contributed by atoms with Crippen molar-refractivity contribution in [2.45, 2.75) is 50.3 Å². The summed E-state index contributed by atoms with van der Waals surface area (Å²) in [6.45, 7) is 3.68. The van der Waals surface area contributed by atoms with E-state index in [9.17, 15) is 35.1 Å². The van der Waals surface area contributed by atoms with Gasteiger partial charge in [-0.2, -0.15) is 17.5 Å².